The van der Waals surface area contributed by atoms with E-state index in [9.17, 15) is 0 Å². The van der Waals surface area contributed by atoms with E-state index in [1.165, 1.54) is 33.2 Å². The van der Waals surface area contributed by atoms with Crippen molar-refractivity contribution < 1.29 is 0 Å². The Labute approximate surface area is 320 Å². The monoisotopic (exact) mass is 700 g/mol. The Morgan fingerprint density at radius 1 is 0.648 bits per heavy atom. The number of H-pyrrole nitrogens is 1. The number of para-hydroxylation sites is 2. The second-order valence-electron chi connectivity index (χ2n) is 14.1. The van der Waals surface area contributed by atoms with Gasteiger partial charge in [0.15, 0.2) is 0 Å². The molecule has 0 amide bonds. The van der Waals surface area contributed by atoms with Crippen molar-refractivity contribution in [3.63, 3.8) is 0 Å². The molecule has 0 saturated heterocycles. The van der Waals surface area contributed by atoms with Crippen LogP contribution in [0.2, 0.25) is 0 Å². The van der Waals surface area contributed by atoms with Crippen molar-refractivity contribution in [1.29, 1.82) is 0 Å². The first kappa shape index (κ1) is 36.0. The predicted octanol–water partition coefficient (Wildman–Crippen LogP) is 14.9. The minimum absolute atomic E-state index is 0.0141. The Morgan fingerprint density at radius 2 is 1.37 bits per heavy atom. The van der Waals surface area contributed by atoms with Gasteiger partial charge in [-0.3, -0.25) is 0 Å². The van der Waals surface area contributed by atoms with Crippen LogP contribution in [0.4, 0.5) is 11.4 Å². The molecule has 0 saturated carbocycles. The van der Waals surface area contributed by atoms with Gasteiger partial charge in [-0.15, -0.1) is 0 Å². The summed E-state index contributed by atoms with van der Waals surface area (Å²) >= 11 is 0. The lowest BCUT2D eigenvalue weighted by molar-refractivity contribution is 0.660. The van der Waals surface area contributed by atoms with Gasteiger partial charge in [0.2, 0.25) is 0 Å². The number of hydrogen-bond acceptors (Lipinski definition) is 1. The summed E-state index contributed by atoms with van der Waals surface area (Å²) < 4.78 is 0. The molecule has 266 valence electrons. The van der Waals surface area contributed by atoms with E-state index in [0.717, 1.165) is 55.5 Å². The zero-order valence-electron chi connectivity index (χ0n) is 32.0. The van der Waals surface area contributed by atoms with Gasteiger partial charge in [0.25, 0.3) is 0 Å². The summed E-state index contributed by atoms with van der Waals surface area (Å²) in [5.41, 5.74) is 15.4. The van der Waals surface area contributed by atoms with Gasteiger partial charge in [-0.2, -0.15) is 0 Å². The first-order valence-electron chi connectivity index (χ1n) is 19.0. The Hall–Kier alpha value is -6.38. The van der Waals surface area contributed by atoms with E-state index in [1.807, 2.05) is 26.1 Å². The van der Waals surface area contributed by atoms with Crippen LogP contribution in [0.25, 0.3) is 55.1 Å². The van der Waals surface area contributed by atoms with E-state index >= 15 is 0 Å². The van der Waals surface area contributed by atoms with Crippen LogP contribution in [0, 0.1) is 0 Å². The van der Waals surface area contributed by atoms with Gasteiger partial charge in [0.05, 0.1) is 0 Å². The molecule has 0 aliphatic heterocycles. The Kier molecular flexibility index (Phi) is 10.5. The maximum Gasteiger partial charge on any atom is 0.0460 e. The molecule has 1 heterocycles. The number of fused-ring (bicyclic) bond motifs is 6. The minimum Gasteiger partial charge on any atom is -0.361 e. The fourth-order valence-electron chi connectivity index (χ4n) is 7.74. The summed E-state index contributed by atoms with van der Waals surface area (Å²) in [5.74, 6) is 0. The predicted molar refractivity (Wildman–Crippen MR) is 236 cm³/mol. The Morgan fingerprint density at radius 3 is 2.20 bits per heavy atom. The fraction of sp³-hybridized carbons (Fsp3) is 0.115. The summed E-state index contributed by atoms with van der Waals surface area (Å²) in [7, 11) is 0. The van der Waals surface area contributed by atoms with Crippen molar-refractivity contribution in [1.82, 2.24) is 4.98 Å². The van der Waals surface area contributed by atoms with Gasteiger partial charge in [0, 0.05) is 39.5 Å². The summed E-state index contributed by atoms with van der Waals surface area (Å²) in [6, 6.07) is 54.4. The molecule has 0 spiro atoms. The minimum atomic E-state index is -0.0141. The SMILES string of the molecule is C=C/C=C(\C=C(/C)c1ccccc1Nc1ccc2c(c1)-c1ccccc1C2(C)C)c1ccc2cc(-c3ccccc3)cc[nH]c3ccccc3c2c1.CC. The maximum atomic E-state index is 4.10. The molecule has 0 fully saturated rings. The molecular weight excluding hydrogens is 653 g/mol. The number of benzene rings is 6. The van der Waals surface area contributed by atoms with Gasteiger partial charge in [0.1, 0.15) is 0 Å². The van der Waals surface area contributed by atoms with Crippen LogP contribution in [-0.4, -0.2) is 4.98 Å². The standard InChI is InChI=1S/C50H42N2.C2H6/c1-5-15-36(37-24-25-39-31-38(35-16-7-6-8-17-35)28-29-51-48-22-13-11-20-43(48)44(39)32-37)30-34(2)41-18-10-14-23-49(41)52-40-26-27-47-45(33-40)42-19-9-12-21-46(42)50(47,3)4;1-2/h5-33,51-52H,1H2,2-4H3;1-2H3/b29-28?,34-30+,36-15+,38-31?;. The van der Waals surface area contributed by atoms with Crippen molar-refractivity contribution in [3.8, 4) is 22.3 Å². The normalized spacial score (nSPS) is 13.0. The number of aromatic nitrogens is 1. The molecule has 1 aromatic heterocycles. The van der Waals surface area contributed by atoms with Crippen LogP contribution in [0.5, 0.6) is 0 Å². The van der Waals surface area contributed by atoms with Crippen LogP contribution in [-0.2, 0) is 5.41 Å². The van der Waals surface area contributed by atoms with Gasteiger partial charge >= 0.3 is 0 Å². The van der Waals surface area contributed by atoms with Gasteiger partial charge in [-0.05, 0) is 110 Å². The second kappa shape index (κ2) is 15.7. The smallest absolute Gasteiger partial charge is 0.0460 e. The van der Waals surface area contributed by atoms with Gasteiger partial charge in [-0.25, -0.2) is 0 Å². The lowest BCUT2D eigenvalue weighted by Crippen LogP contribution is -2.14. The molecule has 0 atom stereocenters. The number of aromatic amines is 1. The zero-order chi connectivity index (χ0) is 37.7. The highest BCUT2D eigenvalue weighted by Crippen LogP contribution is 2.49. The number of hydrogen-bond donors (Lipinski definition) is 2. The molecule has 6 aromatic carbocycles. The molecule has 1 aliphatic rings. The molecule has 0 radical (unpaired) electrons. The molecular formula is C52H48N2. The van der Waals surface area contributed by atoms with Crippen LogP contribution in [0.1, 0.15) is 56.9 Å². The van der Waals surface area contributed by atoms with Crippen molar-refractivity contribution in [3.05, 3.63) is 205 Å². The van der Waals surface area contributed by atoms with Gasteiger partial charge < -0.3 is 10.3 Å². The molecule has 1 aliphatic carbocycles. The first-order chi connectivity index (χ1) is 26.4. The molecule has 2 N–H and O–H groups in total. The highest BCUT2D eigenvalue weighted by Gasteiger charge is 2.35. The third kappa shape index (κ3) is 7.04. The average molecular weight is 701 g/mol. The zero-order valence-corrected chi connectivity index (χ0v) is 32.0. The molecule has 0 unspecified atom stereocenters. The van der Waals surface area contributed by atoms with E-state index < -0.39 is 0 Å². The summed E-state index contributed by atoms with van der Waals surface area (Å²) in [5, 5.41) is 7.26. The third-order valence-corrected chi connectivity index (χ3v) is 10.4. The van der Waals surface area contributed by atoms with Crippen LogP contribution in [0.3, 0.4) is 0 Å². The van der Waals surface area contributed by atoms with E-state index in [4.69, 9.17) is 0 Å². The third-order valence-electron chi connectivity index (χ3n) is 10.4. The van der Waals surface area contributed by atoms with Crippen molar-refractivity contribution in [2.45, 2.75) is 40.0 Å². The summed E-state index contributed by atoms with van der Waals surface area (Å²) in [6.07, 6.45) is 8.29. The van der Waals surface area contributed by atoms with Crippen molar-refractivity contribution >= 4 is 44.2 Å². The molecule has 8 rings (SSSR count). The van der Waals surface area contributed by atoms with E-state index in [2.05, 4.69) is 201 Å². The number of rotatable bonds is 7. The number of allylic oxidation sites excluding steroid dienone is 5. The summed E-state index contributed by atoms with van der Waals surface area (Å²) in [6.45, 7) is 14.9. The molecule has 7 aromatic rings. The fourth-order valence-corrected chi connectivity index (χ4v) is 7.74. The second-order valence-corrected chi connectivity index (χ2v) is 14.1. The largest absolute Gasteiger partial charge is 0.361 e. The molecule has 0 bridgehead atoms. The first-order valence-corrected chi connectivity index (χ1v) is 19.0. The van der Waals surface area contributed by atoms with Crippen LogP contribution >= 0.6 is 0 Å². The van der Waals surface area contributed by atoms with E-state index in [-0.39, 0.29) is 5.41 Å². The average Bonchev–Trinajstić information content (AvgIpc) is 3.48. The highest BCUT2D eigenvalue weighted by atomic mass is 14.9. The van der Waals surface area contributed by atoms with Crippen molar-refractivity contribution in [2.75, 3.05) is 5.32 Å². The lowest BCUT2D eigenvalue weighted by atomic mass is 9.82. The Bertz CT molecular complexity index is 2600. The quantitative estimate of drug-likeness (QED) is 0.159. The number of nitrogens with one attached hydrogen (secondary N) is 2. The van der Waals surface area contributed by atoms with E-state index in [0.29, 0.717) is 0 Å². The maximum absolute atomic E-state index is 4.10. The Balaban J connectivity index is 0.00000221. The summed E-state index contributed by atoms with van der Waals surface area (Å²) in [4.78, 5) is 3.55. The molecule has 2 nitrogen and oxygen atoms in total. The lowest BCUT2D eigenvalue weighted by Gasteiger charge is -2.21. The van der Waals surface area contributed by atoms with Crippen molar-refractivity contribution in [2.24, 2.45) is 0 Å². The highest BCUT2D eigenvalue weighted by molar-refractivity contribution is 6.06. The molecule has 54 heavy (non-hydrogen) atoms. The van der Waals surface area contributed by atoms with Crippen LogP contribution in [0.15, 0.2) is 183 Å². The van der Waals surface area contributed by atoms with Crippen LogP contribution < -0.4 is 5.32 Å². The van der Waals surface area contributed by atoms with Gasteiger partial charge in [-0.1, -0.05) is 162 Å². The number of anilines is 2. The van der Waals surface area contributed by atoms with E-state index in [1.54, 1.807) is 0 Å². The topological polar surface area (TPSA) is 27.8 Å². The molecule has 2 heteroatoms.